The Morgan fingerprint density at radius 2 is 1.56 bits per heavy atom. The lowest BCUT2D eigenvalue weighted by atomic mass is 10.1. The third-order valence-electron chi connectivity index (χ3n) is 5.41. The van der Waals surface area contributed by atoms with Crippen LogP contribution >= 0.6 is 12.2 Å². The molecule has 9 heteroatoms. The van der Waals surface area contributed by atoms with E-state index in [0.29, 0.717) is 11.4 Å². The molecule has 0 aliphatic carbocycles. The lowest BCUT2D eigenvalue weighted by molar-refractivity contribution is -0.121. The topological polar surface area (TPSA) is 87.7 Å². The standard InChI is InChI=1S/C27H25N3O4S2/c1-30(18-20-7-3-2-4-8-20)36(32,33)25-15-12-23(13-16-25)28-27(35)29-26(31)19-34-24-14-11-21-9-5-6-10-22(21)17-24/h2-17H,18-19H2,1H3,(H2,28,29,31,35). The number of sulfonamides is 1. The molecular formula is C27H25N3O4S2. The van der Waals surface area contributed by atoms with Crippen LogP contribution < -0.4 is 15.4 Å². The summed E-state index contributed by atoms with van der Waals surface area (Å²) in [5.74, 6) is 0.166. The van der Waals surface area contributed by atoms with Gasteiger partial charge in [0.15, 0.2) is 11.7 Å². The highest BCUT2D eigenvalue weighted by Gasteiger charge is 2.20. The number of benzene rings is 4. The molecule has 4 aromatic carbocycles. The Morgan fingerprint density at radius 3 is 2.28 bits per heavy atom. The zero-order valence-electron chi connectivity index (χ0n) is 19.5. The molecule has 0 aliphatic heterocycles. The van der Waals surface area contributed by atoms with E-state index in [1.807, 2.05) is 66.7 Å². The maximum absolute atomic E-state index is 12.9. The Hall–Kier alpha value is -3.79. The molecule has 1 amide bonds. The van der Waals surface area contributed by atoms with Gasteiger partial charge in [0.05, 0.1) is 4.90 Å². The summed E-state index contributed by atoms with van der Waals surface area (Å²) in [6.45, 7) is 0.0612. The van der Waals surface area contributed by atoms with E-state index in [2.05, 4.69) is 10.6 Å². The van der Waals surface area contributed by atoms with Crippen LogP contribution in [0, 0.1) is 0 Å². The second-order valence-corrected chi connectivity index (χ2v) is 10.5. The summed E-state index contributed by atoms with van der Waals surface area (Å²) in [4.78, 5) is 12.4. The average molecular weight is 520 g/mol. The van der Waals surface area contributed by atoms with Crippen LogP contribution in [0.3, 0.4) is 0 Å². The largest absolute Gasteiger partial charge is 0.484 e. The van der Waals surface area contributed by atoms with Gasteiger partial charge in [-0.3, -0.25) is 10.1 Å². The molecular weight excluding hydrogens is 494 g/mol. The maximum Gasteiger partial charge on any atom is 0.264 e. The molecule has 0 aliphatic rings. The first-order valence-corrected chi connectivity index (χ1v) is 13.0. The van der Waals surface area contributed by atoms with Gasteiger partial charge in [-0.25, -0.2) is 8.42 Å². The molecule has 0 atom stereocenters. The molecule has 0 heterocycles. The molecule has 0 fully saturated rings. The predicted octanol–water partition coefficient (Wildman–Crippen LogP) is 4.55. The van der Waals surface area contributed by atoms with Crippen molar-refractivity contribution in [1.29, 1.82) is 0 Å². The normalized spacial score (nSPS) is 11.3. The van der Waals surface area contributed by atoms with E-state index in [1.54, 1.807) is 25.2 Å². The summed E-state index contributed by atoms with van der Waals surface area (Å²) in [7, 11) is -2.12. The van der Waals surface area contributed by atoms with Crippen molar-refractivity contribution >= 4 is 49.7 Å². The molecule has 0 saturated heterocycles. The maximum atomic E-state index is 12.9. The monoisotopic (exact) mass is 519 g/mol. The van der Waals surface area contributed by atoms with Gasteiger partial charge in [0, 0.05) is 19.3 Å². The van der Waals surface area contributed by atoms with Crippen molar-refractivity contribution in [1.82, 2.24) is 9.62 Å². The zero-order valence-corrected chi connectivity index (χ0v) is 21.2. The van der Waals surface area contributed by atoms with Crippen LogP contribution in [-0.4, -0.2) is 37.4 Å². The first-order chi connectivity index (χ1) is 17.3. The smallest absolute Gasteiger partial charge is 0.264 e. The highest BCUT2D eigenvalue weighted by molar-refractivity contribution is 7.89. The second kappa shape index (κ2) is 11.3. The van der Waals surface area contributed by atoms with Gasteiger partial charge in [0.2, 0.25) is 10.0 Å². The van der Waals surface area contributed by atoms with Gasteiger partial charge >= 0.3 is 0 Å². The fourth-order valence-corrected chi connectivity index (χ4v) is 4.94. The van der Waals surface area contributed by atoms with Gasteiger partial charge < -0.3 is 10.1 Å². The fraction of sp³-hybridized carbons (Fsp3) is 0.111. The summed E-state index contributed by atoms with van der Waals surface area (Å²) in [5, 5.41) is 7.62. The predicted molar refractivity (Wildman–Crippen MR) is 145 cm³/mol. The van der Waals surface area contributed by atoms with Crippen molar-refractivity contribution in [2.45, 2.75) is 11.4 Å². The molecule has 0 bridgehead atoms. The minimum absolute atomic E-state index is 0.0823. The van der Waals surface area contributed by atoms with Crippen molar-refractivity contribution in [3.05, 3.63) is 103 Å². The first-order valence-electron chi connectivity index (χ1n) is 11.1. The number of nitrogens with one attached hydrogen (secondary N) is 2. The van der Waals surface area contributed by atoms with Gasteiger partial charge in [0.1, 0.15) is 5.75 Å². The zero-order chi connectivity index (χ0) is 25.5. The number of ether oxygens (including phenoxy) is 1. The summed E-state index contributed by atoms with van der Waals surface area (Å²) in [6.07, 6.45) is 0. The van der Waals surface area contributed by atoms with E-state index < -0.39 is 15.9 Å². The van der Waals surface area contributed by atoms with Crippen molar-refractivity contribution < 1.29 is 17.9 Å². The molecule has 4 aromatic rings. The molecule has 0 saturated carbocycles. The first kappa shape index (κ1) is 25.3. The minimum Gasteiger partial charge on any atom is -0.484 e. The summed E-state index contributed by atoms with van der Waals surface area (Å²) >= 11 is 5.20. The van der Waals surface area contributed by atoms with Crippen LogP contribution in [0.4, 0.5) is 5.69 Å². The third kappa shape index (κ3) is 6.45. The molecule has 0 unspecified atom stereocenters. The number of fused-ring (bicyclic) bond motifs is 1. The minimum atomic E-state index is -3.66. The lowest BCUT2D eigenvalue weighted by Crippen LogP contribution is -2.37. The molecule has 0 spiro atoms. The van der Waals surface area contributed by atoms with Crippen molar-refractivity contribution in [2.24, 2.45) is 0 Å². The Bertz CT molecular complexity index is 1470. The number of thiocarbonyl (C=S) groups is 1. The van der Waals surface area contributed by atoms with Crippen LogP contribution in [0.25, 0.3) is 10.8 Å². The number of amides is 1. The van der Waals surface area contributed by atoms with Gasteiger partial charge in [-0.2, -0.15) is 4.31 Å². The number of carbonyl (C=O) groups is 1. The number of carbonyl (C=O) groups excluding carboxylic acids is 1. The van der Waals surface area contributed by atoms with Crippen molar-refractivity contribution in [3.8, 4) is 5.75 Å². The van der Waals surface area contributed by atoms with E-state index in [9.17, 15) is 13.2 Å². The fourth-order valence-electron chi connectivity index (χ4n) is 3.55. The van der Waals surface area contributed by atoms with Crippen LogP contribution in [0.2, 0.25) is 0 Å². The van der Waals surface area contributed by atoms with Gasteiger partial charge in [-0.1, -0.05) is 60.7 Å². The molecule has 184 valence electrons. The van der Waals surface area contributed by atoms with Crippen LogP contribution in [0.1, 0.15) is 5.56 Å². The van der Waals surface area contributed by atoms with Crippen LogP contribution in [0.5, 0.6) is 5.75 Å². The Morgan fingerprint density at radius 1 is 0.889 bits per heavy atom. The molecule has 36 heavy (non-hydrogen) atoms. The molecule has 0 aromatic heterocycles. The van der Waals surface area contributed by atoms with E-state index in [1.165, 1.54) is 16.4 Å². The Kier molecular flexibility index (Phi) is 7.94. The summed E-state index contributed by atoms with van der Waals surface area (Å²) in [5.41, 5.74) is 1.44. The van der Waals surface area contributed by atoms with E-state index in [-0.39, 0.29) is 23.2 Å². The Labute approximate surface area is 215 Å². The molecule has 7 nitrogen and oxygen atoms in total. The quantitative estimate of drug-likeness (QED) is 0.332. The number of hydrogen-bond donors (Lipinski definition) is 2. The van der Waals surface area contributed by atoms with E-state index in [4.69, 9.17) is 17.0 Å². The number of rotatable bonds is 8. The van der Waals surface area contributed by atoms with Gasteiger partial charge in [-0.05, 0) is 65.0 Å². The van der Waals surface area contributed by atoms with Gasteiger partial charge in [0.25, 0.3) is 5.91 Å². The third-order valence-corrected chi connectivity index (χ3v) is 7.43. The van der Waals surface area contributed by atoms with E-state index in [0.717, 1.165) is 16.3 Å². The van der Waals surface area contributed by atoms with Crippen molar-refractivity contribution in [3.63, 3.8) is 0 Å². The number of hydrogen-bond acceptors (Lipinski definition) is 5. The Balaban J connectivity index is 1.28. The molecule has 0 radical (unpaired) electrons. The highest BCUT2D eigenvalue weighted by atomic mass is 32.2. The summed E-state index contributed by atoms with van der Waals surface area (Å²) in [6, 6.07) is 29.0. The number of anilines is 1. The van der Waals surface area contributed by atoms with Crippen LogP contribution in [0.15, 0.2) is 102 Å². The van der Waals surface area contributed by atoms with Crippen LogP contribution in [-0.2, 0) is 21.4 Å². The molecule has 2 N–H and O–H groups in total. The van der Waals surface area contributed by atoms with E-state index >= 15 is 0 Å². The molecule has 4 rings (SSSR count). The average Bonchev–Trinajstić information content (AvgIpc) is 2.88. The summed E-state index contributed by atoms with van der Waals surface area (Å²) < 4.78 is 32.6. The van der Waals surface area contributed by atoms with Gasteiger partial charge in [-0.15, -0.1) is 0 Å². The second-order valence-electron chi connectivity index (χ2n) is 8.07. The SMILES string of the molecule is CN(Cc1ccccc1)S(=O)(=O)c1ccc(NC(=S)NC(=O)COc2ccc3ccccc3c2)cc1. The lowest BCUT2D eigenvalue weighted by Gasteiger charge is -2.17. The van der Waals surface area contributed by atoms with Crippen molar-refractivity contribution in [2.75, 3.05) is 19.0 Å². The number of nitrogens with zero attached hydrogens (tertiary/aromatic N) is 1. The highest BCUT2D eigenvalue weighted by Crippen LogP contribution is 2.21.